The average Bonchev–Trinajstić information content (AvgIpc) is 2.96. The molecule has 0 aromatic carbocycles. The van der Waals surface area contributed by atoms with Crippen LogP contribution in [0.4, 0.5) is 19.1 Å². The van der Waals surface area contributed by atoms with Gasteiger partial charge in [-0.1, -0.05) is 0 Å². The van der Waals surface area contributed by atoms with Gasteiger partial charge in [-0.3, -0.25) is 15.2 Å². The quantitative estimate of drug-likeness (QED) is 0.766. The van der Waals surface area contributed by atoms with Crippen LogP contribution in [-0.2, 0) is 17.4 Å². The van der Waals surface area contributed by atoms with Crippen LogP contribution in [0.25, 0.3) is 0 Å². The number of anilines is 1. The highest BCUT2D eigenvalue weighted by Crippen LogP contribution is 2.40. The maximum Gasteiger partial charge on any atom is 0.425 e. The summed E-state index contributed by atoms with van der Waals surface area (Å²) in [5.74, 6) is -1.57. The van der Waals surface area contributed by atoms with Crippen molar-refractivity contribution in [3.63, 3.8) is 0 Å². The number of aryl methyl sites for hydroxylation is 2. The standard InChI is InChI=1S/C11H13F3N6O2/c1-6-16-9(19-18-6)17-7(21)5-10(22,11(12,13)14)8-15-3-4-20(8)2/h3-4,22H,5H2,1-2H3,(H2,16,17,18,19,21). The van der Waals surface area contributed by atoms with E-state index in [1.165, 1.54) is 13.2 Å². The number of carbonyl (C=O) groups excluding carboxylic acids is 1. The smallest absolute Gasteiger partial charge is 0.374 e. The van der Waals surface area contributed by atoms with Crippen LogP contribution in [-0.4, -0.2) is 41.9 Å². The number of alkyl halides is 3. The Morgan fingerprint density at radius 2 is 2.18 bits per heavy atom. The molecular weight excluding hydrogens is 305 g/mol. The van der Waals surface area contributed by atoms with E-state index >= 15 is 0 Å². The van der Waals surface area contributed by atoms with Crippen molar-refractivity contribution < 1.29 is 23.1 Å². The molecule has 0 bridgehead atoms. The lowest BCUT2D eigenvalue weighted by Crippen LogP contribution is -2.46. The molecule has 0 saturated heterocycles. The SMILES string of the molecule is Cc1nc(NC(=O)CC(O)(c2nccn2C)C(F)(F)F)n[nH]1. The minimum absolute atomic E-state index is 0.174. The van der Waals surface area contributed by atoms with Gasteiger partial charge in [0.1, 0.15) is 5.82 Å². The van der Waals surface area contributed by atoms with E-state index in [1.807, 2.05) is 0 Å². The van der Waals surface area contributed by atoms with Crippen LogP contribution in [0.5, 0.6) is 0 Å². The van der Waals surface area contributed by atoms with Gasteiger partial charge in [0.25, 0.3) is 0 Å². The van der Waals surface area contributed by atoms with Gasteiger partial charge < -0.3 is 9.67 Å². The van der Waals surface area contributed by atoms with Crippen molar-refractivity contribution in [2.24, 2.45) is 7.05 Å². The predicted molar refractivity (Wildman–Crippen MR) is 67.5 cm³/mol. The van der Waals surface area contributed by atoms with Crippen LogP contribution in [0.15, 0.2) is 12.4 Å². The van der Waals surface area contributed by atoms with Crippen LogP contribution < -0.4 is 5.32 Å². The number of carbonyl (C=O) groups is 1. The highest BCUT2D eigenvalue weighted by Gasteiger charge is 2.58. The largest absolute Gasteiger partial charge is 0.425 e. The van der Waals surface area contributed by atoms with Gasteiger partial charge in [0.15, 0.2) is 5.82 Å². The number of halogens is 3. The summed E-state index contributed by atoms with van der Waals surface area (Å²) in [6.45, 7) is 1.56. The molecule has 1 amide bonds. The topological polar surface area (TPSA) is 109 Å². The molecule has 2 aromatic rings. The Morgan fingerprint density at radius 3 is 2.64 bits per heavy atom. The van der Waals surface area contributed by atoms with Crippen molar-refractivity contribution >= 4 is 11.9 Å². The number of rotatable bonds is 4. The van der Waals surface area contributed by atoms with Crippen molar-refractivity contribution in [3.8, 4) is 0 Å². The van der Waals surface area contributed by atoms with Gasteiger partial charge in [0.2, 0.25) is 17.5 Å². The molecule has 0 aliphatic heterocycles. The van der Waals surface area contributed by atoms with Crippen LogP contribution >= 0.6 is 0 Å². The number of H-pyrrole nitrogens is 1. The first-order valence-corrected chi connectivity index (χ1v) is 6.09. The second-order valence-electron chi connectivity index (χ2n) is 4.69. The number of amides is 1. The van der Waals surface area contributed by atoms with Gasteiger partial charge in [-0.25, -0.2) is 4.98 Å². The number of aliphatic hydroxyl groups is 1. The third kappa shape index (κ3) is 2.93. The average molecular weight is 318 g/mol. The van der Waals surface area contributed by atoms with Gasteiger partial charge >= 0.3 is 6.18 Å². The fourth-order valence-corrected chi connectivity index (χ4v) is 1.87. The van der Waals surface area contributed by atoms with E-state index in [-0.39, 0.29) is 5.95 Å². The molecule has 0 spiro atoms. The zero-order valence-corrected chi connectivity index (χ0v) is 11.6. The maximum absolute atomic E-state index is 13.2. The molecule has 0 radical (unpaired) electrons. The fraction of sp³-hybridized carbons (Fsp3) is 0.455. The maximum atomic E-state index is 13.2. The number of aromatic nitrogens is 5. The number of imidazole rings is 1. The minimum atomic E-state index is -5.08. The van der Waals surface area contributed by atoms with Gasteiger partial charge in [0, 0.05) is 19.4 Å². The molecule has 120 valence electrons. The van der Waals surface area contributed by atoms with Gasteiger partial charge in [-0.2, -0.15) is 18.2 Å². The van der Waals surface area contributed by atoms with Crippen LogP contribution in [0, 0.1) is 6.92 Å². The molecule has 11 heteroatoms. The van der Waals surface area contributed by atoms with Crippen LogP contribution in [0.3, 0.4) is 0 Å². The van der Waals surface area contributed by atoms with Gasteiger partial charge in [0.05, 0.1) is 6.42 Å². The molecular formula is C11H13F3N6O2. The van der Waals surface area contributed by atoms with Gasteiger partial charge in [-0.05, 0) is 6.92 Å². The number of hydrogen-bond acceptors (Lipinski definition) is 5. The molecule has 0 saturated carbocycles. The molecule has 3 N–H and O–H groups in total. The van der Waals surface area contributed by atoms with Crippen LogP contribution in [0.1, 0.15) is 18.1 Å². The normalized spacial score (nSPS) is 14.6. The van der Waals surface area contributed by atoms with E-state index in [0.717, 1.165) is 10.8 Å². The lowest BCUT2D eigenvalue weighted by atomic mass is 9.97. The third-order valence-electron chi connectivity index (χ3n) is 2.92. The lowest BCUT2D eigenvalue weighted by Gasteiger charge is -2.29. The Labute approximate surface area is 122 Å². The first-order chi connectivity index (χ1) is 10.1. The molecule has 22 heavy (non-hydrogen) atoms. The summed E-state index contributed by atoms with van der Waals surface area (Å²) >= 11 is 0. The van der Waals surface area contributed by atoms with E-state index in [4.69, 9.17) is 0 Å². The Morgan fingerprint density at radius 1 is 1.50 bits per heavy atom. The van der Waals surface area contributed by atoms with E-state index in [1.54, 1.807) is 6.92 Å². The summed E-state index contributed by atoms with van der Waals surface area (Å²) in [6.07, 6.45) is -4.02. The summed E-state index contributed by atoms with van der Waals surface area (Å²) in [6, 6.07) is 0. The number of hydrogen-bond donors (Lipinski definition) is 3. The summed E-state index contributed by atoms with van der Waals surface area (Å²) in [5, 5.41) is 18.1. The van der Waals surface area contributed by atoms with Crippen molar-refractivity contribution in [1.82, 2.24) is 24.7 Å². The molecule has 0 aliphatic carbocycles. The van der Waals surface area contributed by atoms with Crippen molar-refractivity contribution in [2.75, 3.05) is 5.32 Å². The molecule has 1 unspecified atom stereocenters. The fourth-order valence-electron chi connectivity index (χ4n) is 1.87. The van der Waals surface area contributed by atoms with E-state index in [9.17, 15) is 23.1 Å². The van der Waals surface area contributed by atoms with E-state index in [0.29, 0.717) is 5.82 Å². The molecule has 2 heterocycles. The van der Waals surface area contributed by atoms with Crippen molar-refractivity contribution in [2.45, 2.75) is 25.1 Å². The van der Waals surface area contributed by atoms with Crippen molar-refractivity contribution in [3.05, 3.63) is 24.0 Å². The molecule has 0 fully saturated rings. The monoisotopic (exact) mass is 318 g/mol. The summed E-state index contributed by atoms with van der Waals surface area (Å²) < 4.78 is 40.7. The number of aromatic amines is 1. The Balaban J connectivity index is 2.24. The molecule has 2 rings (SSSR count). The summed E-state index contributed by atoms with van der Waals surface area (Å²) in [5.41, 5.74) is -3.42. The highest BCUT2D eigenvalue weighted by atomic mass is 19.4. The van der Waals surface area contributed by atoms with E-state index < -0.39 is 29.9 Å². The Bertz CT molecular complexity index is 679. The Kier molecular flexibility index (Phi) is 3.92. The predicted octanol–water partition coefficient (Wildman–Crippen LogP) is 0.625. The molecule has 1 atom stereocenters. The molecule has 8 nitrogen and oxygen atoms in total. The molecule has 2 aromatic heterocycles. The lowest BCUT2D eigenvalue weighted by molar-refractivity contribution is -0.270. The zero-order valence-electron chi connectivity index (χ0n) is 11.6. The second-order valence-corrected chi connectivity index (χ2v) is 4.69. The van der Waals surface area contributed by atoms with Gasteiger partial charge in [-0.15, -0.1) is 5.10 Å². The third-order valence-corrected chi connectivity index (χ3v) is 2.92. The highest BCUT2D eigenvalue weighted by molar-refractivity contribution is 5.89. The first kappa shape index (κ1) is 15.9. The molecule has 0 aliphatic rings. The summed E-state index contributed by atoms with van der Waals surface area (Å²) in [4.78, 5) is 19.0. The number of nitrogens with one attached hydrogen (secondary N) is 2. The minimum Gasteiger partial charge on any atom is -0.374 e. The first-order valence-electron chi connectivity index (χ1n) is 6.09. The van der Waals surface area contributed by atoms with Crippen LogP contribution in [0.2, 0.25) is 0 Å². The Hall–Kier alpha value is -2.43. The summed E-state index contributed by atoms with van der Waals surface area (Å²) in [7, 11) is 1.29. The second kappa shape index (κ2) is 5.40. The van der Waals surface area contributed by atoms with Crippen molar-refractivity contribution in [1.29, 1.82) is 0 Å². The zero-order chi connectivity index (χ0) is 16.5. The number of nitrogens with zero attached hydrogens (tertiary/aromatic N) is 4. The van der Waals surface area contributed by atoms with E-state index in [2.05, 4.69) is 25.5 Å².